The summed E-state index contributed by atoms with van der Waals surface area (Å²) in [6.07, 6.45) is 2.13. The predicted molar refractivity (Wildman–Crippen MR) is 184 cm³/mol. The maximum absolute atomic E-state index is 2.53. The van der Waals surface area contributed by atoms with Crippen molar-refractivity contribution < 1.29 is 0 Å². The Morgan fingerprint density at radius 1 is 0.581 bits per heavy atom. The Morgan fingerprint density at radius 3 is 2.02 bits per heavy atom. The van der Waals surface area contributed by atoms with Crippen molar-refractivity contribution in [3.8, 4) is 11.1 Å². The Hall–Kier alpha value is -4.82. The summed E-state index contributed by atoms with van der Waals surface area (Å²) in [5.74, 6) is 0. The second-order valence-corrected chi connectivity index (χ2v) is 12.2. The summed E-state index contributed by atoms with van der Waals surface area (Å²) in [4.78, 5) is 2.48. The molecular weight excluding hydrogens is 520 g/mol. The molecule has 8 rings (SSSR count). The zero-order valence-corrected chi connectivity index (χ0v) is 25.4. The standard InChI is InChI=1S/C41H36N2/c1-5-41(6-2)35-24-27(3)20-22-34(35)40-33-18-11-10-17-31(33)39(26-36(40)41)43(28-14-8-7-9-15-28)29-21-23-32-30-16-12-13-19-37(30)42(4)38(32)25-29/h7-26H,5-6H2,1-4H3. The number of aryl methyl sites for hydroxylation is 2. The maximum atomic E-state index is 2.53. The van der Waals surface area contributed by atoms with E-state index >= 15 is 0 Å². The van der Waals surface area contributed by atoms with Crippen molar-refractivity contribution in [2.24, 2.45) is 7.05 Å². The average molecular weight is 557 g/mol. The van der Waals surface area contributed by atoms with Gasteiger partial charge in [-0.3, -0.25) is 0 Å². The number of nitrogens with zero attached hydrogens (tertiary/aromatic N) is 2. The first kappa shape index (κ1) is 25.9. The molecule has 1 aliphatic carbocycles. The largest absolute Gasteiger partial charge is 0.344 e. The van der Waals surface area contributed by atoms with E-state index in [1.54, 1.807) is 0 Å². The fourth-order valence-corrected chi connectivity index (χ4v) is 7.93. The topological polar surface area (TPSA) is 8.17 Å². The van der Waals surface area contributed by atoms with E-state index in [2.05, 4.69) is 159 Å². The molecule has 7 aromatic rings. The zero-order valence-electron chi connectivity index (χ0n) is 25.4. The first-order chi connectivity index (χ1) is 21.1. The zero-order chi connectivity index (χ0) is 29.3. The van der Waals surface area contributed by atoms with Gasteiger partial charge in [0, 0.05) is 45.5 Å². The normalized spacial score (nSPS) is 13.5. The quantitative estimate of drug-likeness (QED) is 0.205. The molecule has 1 aromatic heterocycles. The summed E-state index contributed by atoms with van der Waals surface area (Å²) < 4.78 is 2.33. The number of rotatable bonds is 5. The molecule has 1 heterocycles. The van der Waals surface area contributed by atoms with Gasteiger partial charge in [0.25, 0.3) is 0 Å². The molecule has 0 saturated heterocycles. The Balaban J connectivity index is 1.46. The molecule has 0 amide bonds. The molecule has 0 saturated carbocycles. The number of aromatic nitrogens is 1. The lowest BCUT2D eigenvalue weighted by molar-refractivity contribution is 0.490. The van der Waals surface area contributed by atoms with Gasteiger partial charge in [-0.15, -0.1) is 0 Å². The van der Waals surface area contributed by atoms with Crippen molar-refractivity contribution >= 4 is 49.6 Å². The summed E-state index contributed by atoms with van der Waals surface area (Å²) >= 11 is 0. The molecule has 210 valence electrons. The third-order valence-electron chi connectivity index (χ3n) is 10.1. The van der Waals surface area contributed by atoms with Crippen molar-refractivity contribution in [3.05, 3.63) is 138 Å². The van der Waals surface area contributed by atoms with Gasteiger partial charge in [0.2, 0.25) is 0 Å². The first-order valence-corrected chi connectivity index (χ1v) is 15.6. The number of hydrogen-bond acceptors (Lipinski definition) is 1. The van der Waals surface area contributed by atoms with E-state index in [9.17, 15) is 0 Å². The molecule has 43 heavy (non-hydrogen) atoms. The van der Waals surface area contributed by atoms with Gasteiger partial charge in [-0.1, -0.05) is 104 Å². The van der Waals surface area contributed by atoms with Crippen LogP contribution in [0.2, 0.25) is 0 Å². The van der Waals surface area contributed by atoms with Crippen molar-refractivity contribution in [1.29, 1.82) is 0 Å². The van der Waals surface area contributed by atoms with Gasteiger partial charge >= 0.3 is 0 Å². The van der Waals surface area contributed by atoms with Gasteiger partial charge in [-0.05, 0) is 83.8 Å². The summed E-state index contributed by atoms with van der Waals surface area (Å²) in [6.45, 7) is 6.95. The van der Waals surface area contributed by atoms with E-state index in [1.807, 2.05) is 0 Å². The number of anilines is 3. The average Bonchev–Trinajstić information content (AvgIpc) is 3.50. The molecular formula is C41H36N2. The molecule has 0 spiro atoms. The van der Waals surface area contributed by atoms with E-state index in [4.69, 9.17) is 0 Å². The van der Waals surface area contributed by atoms with Gasteiger partial charge in [0.05, 0.1) is 11.2 Å². The lowest BCUT2D eigenvalue weighted by Gasteiger charge is -2.33. The molecule has 0 atom stereocenters. The van der Waals surface area contributed by atoms with Crippen LogP contribution in [0.5, 0.6) is 0 Å². The lowest BCUT2D eigenvalue weighted by atomic mass is 9.73. The van der Waals surface area contributed by atoms with Crippen molar-refractivity contribution in [3.63, 3.8) is 0 Å². The molecule has 0 N–H and O–H groups in total. The van der Waals surface area contributed by atoms with Crippen LogP contribution in [0.3, 0.4) is 0 Å². The van der Waals surface area contributed by atoms with Crippen LogP contribution in [0.25, 0.3) is 43.7 Å². The summed E-state index contributed by atoms with van der Waals surface area (Å²) in [5.41, 5.74) is 13.1. The van der Waals surface area contributed by atoms with Gasteiger partial charge in [0.15, 0.2) is 0 Å². The highest BCUT2D eigenvalue weighted by Gasteiger charge is 2.42. The Bertz CT molecular complexity index is 2180. The highest BCUT2D eigenvalue weighted by atomic mass is 15.1. The second kappa shape index (κ2) is 9.61. The van der Waals surface area contributed by atoms with Crippen molar-refractivity contribution in [2.75, 3.05) is 4.90 Å². The van der Waals surface area contributed by atoms with Crippen molar-refractivity contribution in [2.45, 2.75) is 39.0 Å². The Labute approximate surface area is 253 Å². The van der Waals surface area contributed by atoms with Gasteiger partial charge in [0.1, 0.15) is 0 Å². The first-order valence-electron chi connectivity index (χ1n) is 15.6. The van der Waals surface area contributed by atoms with Gasteiger partial charge in [-0.2, -0.15) is 0 Å². The second-order valence-electron chi connectivity index (χ2n) is 12.2. The maximum Gasteiger partial charge on any atom is 0.0543 e. The van der Waals surface area contributed by atoms with Crippen LogP contribution in [0, 0.1) is 6.92 Å². The molecule has 2 nitrogen and oxygen atoms in total. The fourth-order valence-electron chi connectivity index (χ4n) is 7.93. The molecule has 0 radical (unpaired) electrons. The number of hydrogen-bond donors (Lipinski definition) is 0. The van der Waals surface area contributed by atoms with Crippen LogP contribution in [0.1, 0.15) is 43.4 Å². The minimum Gasteiger partial charge on any atom is -0.344 e. The molecule has 6 aromatic carbocycles. The summed E-state index contributed by atoms with van der Waals surface area (Å²) in [5, 5.41) is 5.19. The van der Waals surface area contributed by atoms with Gasteiger partial charge < -0.3 is 9.47 Å². The molecule has 2 heteroatoms. The molecule has 0 fully saturated rings. The molecule has 1 aliphatic rings. The summed E-state index contributed by atoms with van der Waals surface area (Å²) in [7, 11) is 2.18. The highest BCUT2D eigenvalue weighted by molar-refractivity contribution is 6.12. The van der Waals surface area contributed by atoms with E-state index in [0.29, 0.717) is 0 Å². The van der Waals surface area contributed by atoms with Crippen molar-refractivity contribution in [1.82, 2.24) is 4.57 Å². The van der Waals surface area contributed by atoms with Crippen LogP contribution in [-0.2, 0) is 12.5 Å². The van der Waals surface area contributed by atoms with Crippen LogP contribution in [0.15, 0.2) is 121 Å². The molecule has 0 unspecified atom stereocenters. The number of fused-ring (bicyclic) bond motifs is 8. The third-order valence-corrected chi connectivity index (χ3v) is 10.1. The summed E-state index contributed by atoms with van der Waals surface area (Å²) in [6, 6.07) is 45.2. The SMILES string of the molecule is CCC1(CC)c2cc(C)ccc2-c2c1cc(N(c1ccccc1)c1ccc3c4ccccc4n(C)c3c1)c1ccccc21. The van der Waals surface area contributed by atoms with Crippen LogP contribution in [-0.4, -0.2) is 4.57 Å². The number of benzene rings is 6. The minimum absolute atomic E-state index is 0.0162. The third kappa shape index (κ3) is 3.59. The fraction of sp³-hybridized carbons (Fsp3) is 0.171. The predicted octanol–water partition coefficient (Wildman–Crippen LogP) is 11.3. The van der Waals surface area contributed by atoms with E-state index in [1.165, 1.54) is 71.8 Å². The monoisotopic (exact) mass is 556 g/mol. The molecule has 0 aliphatic heterocycles. The number of para-hydroxylation sites is 2. The Morgan fingerprint density at radius 2 is 1.26 bits per heavy atom. The smallest absolute Gasteiger partial charge is 0.0543 e. The molecule has 0 bridgehead atoms. The lowest BCUT2D eigenvalue weighted by Crippen LogP contribution is -2.23. The van der Waals surface area contributed by atoms with E-state index < -0.39 is 0 Å². The van der Waals surface area contributed by atoms with E-state index in [0.717, 1.165) is 18.5 Å². The van der Waals surface area contributed by atoms with E-state index in [-0.39, 0.29) is 5.41 Å². The van der Waals surface area contributed by atoms with Crippen LogP contribution >= 0.6 is 0 Å². The van der Waals surface area contributed by atoms with Crippen LogP contribution in [0.4, 0.5) is 17.1 Å². The van der Waals surface area contributed by atoms with Crippen LogP contribution < -0.4 is 4.90 Å². The van der Waals surface area contributed by atoms with Gasteiger partial charge in [-0.25, -0.2) is 0 Å². The Kier molecular flexibility index (Phi) is 5.78. The minimum atomic E-state index is -0.0162. The highest BCUT2D eigenvalue weighted by Crippen LogP contribution is 2.57.